The lowest BCUT2D eigenvalue weighted by Crippen LogP contribution is -2.22. The molecule has 0 saturated carbocycles. The third-order valence-corrected chi connectivity index (χ3v) is 2.77. The first-order valence-corrected chi connectivity index (χ1v) is 5.22. The Hall–Kier alpha value is -0.780. The second kappa shape index (κ2) is 4.38. The minimum absolute atomic E-state index is 0.366. The van der Waals surface area contributed by atoms with E-state index in [1.807, 2.05) is 0 Å². The van der Waals surface area contributed by atoms with Crippen molar-refractivity contribution in [3.8, 4) is 0 Å². The van der Waals surface area contributed by atoms with Crippen molar-refractivity contribution in [2.24, 2.45) is 0 Å². The Morgan fingerprint density at radius 1 is 1.27 bits per heavy atom. The molecule has 84 valence electrons. The Labute approximate surface area is 90.3 Å². The van der Waals surface area contributed by atoms with Crippen molar-refractivity contribution in [3.63, 3.8) is 0 Å². The number of nitrogens with zero attached hydrogens (tertiary/aromatic N) is 2. The summed E-state index contributed by atoms with van der Waals surface area (Å²) in [7, 11) is 0. The average Bonchev–Trinajstić information content (AvgIpc) is 1.99. The van der Waals surface area contributed by atoms with Crippen LogP contribution in [0.2, 0.25) is 0 Å². The van der Waals surface area contributed by atoms with Gasteiger partial charge in [-0.05, 0) is 26.8 Å². The number of alkyl halides is 3. The fourth-order valence-corrected chi connectivity index (χ4v) is 1.91. The molecule has 2 nitrogen and oxygen atoms in total. The number of rotatable bonds is 2. The SMILES string of the molecule is Cc1cc(SC(C)C(F)(F)F)nc(C)n1. The van der Waals surface area contributed by atoms with Crippen LogP contribution >= 0.6 is 11.8 Å². The van der Waals surface area contributed by atoms with Crippen molar-refractivity contribution in [2.45, 2.75) is 37.2 Å². The van der Waals surface area contributed by atoms with Crippen LogP contribution in [-0.2, 0) is 0 Å². The van der Waals surface area contributed by atoms with Crippen LogP contribution in [0, 0.1) is 13.8 Å². The van der Waals surface area contributed by atoms with Crippen molar-refractivity contribution in [3.05, 3.63) is 17.6 Å². The van der Waals surface area contributed by atoms with Crippen LogP contribution in [0.1, 0.15) is 18.4 Å². The molecule has 0 amide bonds. The second-order valence-corrected chi connectivity index (χ2v) is 4.56. The van der Waals surface area contributed by atoms with E-state index in [1.54, 1.807) is 19.9 Å². The highest BCUT2D eigenvalue weighted by atomic mass is 32.2. The molecule has 0 aliphatic carbocycles. The number of hydrogen-bond donors (Lipinski definition) is 0. The highest BCUT2D eigenvalue weighted by Gasteiger charge is 2.36. The van der Waals surface area contributed by atoms with Crippen molar-refractivity contribution < 1.29 is 13.2 Å². The standard InChI is InChI=1S/C9H11F3N2S/c1-5-4-8(14-7(3)13-5)15-6(2)9(10,11)12/h4,6H,1-3H3. The molecule has 1 aromatic rings. The smallest absolute Gasteiger partial charge is 0.238 e. The summed E-state index contributed by atoms with van der Waals surface area (Å²) in [6.45, 7) is 4.52. The summed E-state index contributed by atoms with van der Waals surface area (Å²) in [6.07, 6.45) is -4.20. The number of aryl methyl sites for hydroxylation is 2. The lowest BCUT2D eigenvalue weighted by Gasteiger charge is -2.14. The van der Waals surface area contributed by atoms with Gasteiger partial charge in [-0.1, -0.05) is 11.8 Å². The van der Waals surface area contributed by atoms with Crippen LogP contribution in [0.15, 0.2) is 11.1 Å². The van der Waals surface area contributed by atoms with Gasteiger partial charge in [0.15, 0.2) is 0 Å². The van der Waals surface area contributed by atoms with Gasteiger partial charge in [0.2, 0.25) is 0 Å². The molecule has 1 heterocycles. The predicted molar refractivity (Wildman–Crippen MR) is 52.9 cm³/mol. The lowest BCUT2D eigenvalue weighted by atomic mass is 10.4. The zero-order valence-electron chi connectivity index (χ0n) is 8.59. The van der Waals surface area contributed by atoms with Gasteiger partial charge in [-0.2, -0.15) is 13.2 Å². The molecule has 0 aliphatic rings. The van der Waals surface area contributed by atoms with Crippen molar-refractivity contribution >= 4 is 11.8 Å². The van der Waals surface area contributed by atoms with E-state index in [-0.39, 0.29) is 0 Å². The zero-order chi connectivity index (χ0) is 11.6. The third-order valence-electron chi connectivity index (χ3n) is 1.70. The van der Waals surface area contributed by atoms with Gasteiger partial charge in [0.1, 0.15) is 16.1 Å². The summed E-state index contributed by atoms with van der Waals surface area (Å²) in [6, 6.07) is 1.56. The van der Waals surface area contributed by atoms with Gasteiger partial charge in [0.05, 0.1) is 0 Å². The van der Waals surface area contributed by atoms with Crippen LogP contribution in [0.5, 0.6) is 0 Å². The molecule has 0 spiro atoms. The Balaban J connectivity index is 2.81. The number of halogens is 3. The lowest BCUT2D eigenvalue weighted by molar-refractivity contribution is -0.125. The molecule has 6 heteroatoms. The Morgan fingerprint density at radius 2 is 1.87 bits per heavy atom. The molecule has 0 fully saturated rings. The van der Waals surface area contributed by atoms with Crippen molar-refractivity contribution in [2.75, 3.05) is 0 Å². The molecule has 0 bridgehead atoms. The maximum atomic E-state index is 12.3. The van der Waals surface area contributed by atoms with Gasteiger partial charge in [-0.15, -0.1) is 0 Å². The quantitative estimate of drug-likeness (QED) is 0.582. The summed E-state index contributed by atoms with van der Waals surface area (Å²) in [5.41, 5.74) is 0.680. The maximum Gasteiger partial charge on any atom is 0.400 e. The highest BCUT2D eigenvalue weighted by Crippen LogP contribution is 2.33. The average molecular weight is 236 g/mol. The van der Waals surface area contributed by atoms with E-state index in [9.17, 15) is 13.2 Å². The normalized spacial score (nSPS) is 14.0. The van der Waals surface area contributed by atoms with Gasteiger partial charge in [-0.25, -0.2) is 9.97 Å². The first-order valence-electron chi connectivity index (χ1n) is 4.34. The third kappa shape index (κ3) is 3.70. The van der Waals surface area contributed by atoms with Crippen molar-refractivity contribution in [1.82, 2.24) is 9.97 Å². The molecular weight excluding hydrogens is 225 g/mol. The molecule has 1 aromatic heterocycles. The van der Waals surface area contributed by atoms with Gasteiger partial charge < -0.3 is 0 Å². The molecule has 1 atom stereocenters. The van der Waals surface area contributed by atoms with Crippen molar-refractivity contribution in [1.29, 1.82) is 0 Å². The van der Waals surface area contributed by atoms with Crippen LogP contribution in [-0.4, -0.2) is 21.4 Å². The summed E-state index contributed by atoms with van der Waals surface area (Å²) in [4.78, 5) is 7.94. The molecule has 0 radical (unpaired) electrons. The monoisotopic (exact) mass is 236 g/mol. The van der Waals surface area contributed by atoms with Gasteiger partial charge >= 0.3 is 6.18 Å². The molecule has 0 aromatic carbocycles. The predicted octanol–water partition coefficient (Wildman–Crippen LogP) is 3.14. The van der Waals surface area contributed by atoms with Gasteiger partial charge in [0.25, 0.3) is 0 Å². The summed E-state index contributed by atoms with van der Waals surface area (Å²) >= 11 is 0.703. The minimum Gasteiger partial charge on any atom is -0.238 e. The largest absolute Gasteiger partial charge is 0.400 e. The number of thioether (sulfide) groups is 1. The van der Waals surface area contributed by atoms with Gasteiger partial charge in [-0.3, -0.25) is 0 Å². The maximum absolute atomic E-state index is 12.3. The summed E-state index contributed by atoms with van der Waals surface area (Å²) in [5, 5.41) is -1.09. The molecular formula is C9H11F3N2S. The first kappa shape index (κ1) is 12.3. The molecule has 0 aliphatic heterocycles. The fraction of sp³-hybridized carbons (Fsp3) is 0.556. The highest BCUT2D eigenvalue weighted by molar-refractivity contribution is 7.99. The molecule has 1 unspecified atom stereocenters. The van der Waals surface area contributed by atoms with E-state index >= 15 is 0 Å². The molecule has 1 rings (SSSR count). The zero-order valence-corrected chi connectivity index (χ0v) is 9.41. The molecule has 0 saturated heterocycles. The summed E-state index contributed by atoms with van der Waals surface area (Å²) < 4.78 is 36.8. The van der Waals surface area contributed by atoms with Crippen LogP contribution in [0.3, 0.4) is 0 Å². The second-order valence-electron chi connectivity index (χ2n) is 3.20. The molecule has 15 heavy (non-hydrogen) atoms. The minimum atomic E-state index is -4.20. The number of hydrogen-bond acceptors (Lipinski definition) is 3. The number of aromatic nitrogens is 2. The Bertz CT molecular complexity index is 331. The van der Waals surface area contributed by atoms with Crippen LogP contribution in [0.25, 0.3) is 0 Å². The first-order chi connectivity index (χ1) is 6.79. The van der Waals surface area contributed by atoms with E-state index in [1.165, 1.54) is 0 Å². The topological polar surface area (TPSA) is 25.8 Å². The van der Waals surface area contributed by atoms with E-state index in [4.69, 9.17) is 0 Å². The van der Waals surface area contributed by atoms with E-state index < -0.39 is 11.4 Å². The van der Waals surface area contributed by atoms with Gasteiger partial charge in [0, 0.05) is 5.69 Å². The Kier molecular flexibility index (Phi) is 3.59. The fourth-order valence-electron chi connectivity index (χ4n) is 0.991. The van der Waals surface area contributed by atoms with Crippen LogP contribution < -0.4 is 0 Å². The van der Waals surface area contributed by atoms with E-state index in [0.29, 0.717) is 28.3 Å². The van der Waals surface area contributed by atoms with Crippen LogP contribution in [0.4, 0.5) is 13.2 Å². The Morgan fingerprint density at radius 3 is 2.33 bits per heavy atom. The molecule has 0 N–H and O–H groups in total. The summed E-state index contributed by atoms with van der Waals surface area (Å²) in [5.74, 6) is 0.492. The van der Waals surface area contributed by atoms with E-state index in [0.717, 1.165) is 6.92 Å². The van der Waals surface area contributed by atoms with E-state index in [2.05, 4.69) is 9.97 Å².